The van der Waals surface area contributed by atoms with Gasteiger partial charge >= 0.3 is 0 Å². The van der Waals surface area contributed by atoms with Crippen molar-refractivity contribution in [1.82, 2.24) is 24.8 Å². The van der Waals surface area contributed by atoms with Gasteiger partial charge in [-0.2, -0.15) is 9.97 Å². The normalized spacial score (nSPS) is 17.9. The highest BCUT2D eigenvalue weighted by atomic mass is 32.2. The zero-order valence-corrected chi connectivity index (χ0v) is 20.2. The van der Waals surface area contributed by atoms with E-state index in [0.29, 0.717) is 52.6 Å². The summed E-state index contributed by atoms with van der Waals surface area (Å²) in [6.45, 7) is 3.20. The van der Waals surface area contributed by atoms with Crippen LogP contribution in [-0.2, 0) is 9.84 Å². The summed E-state index contributed by atoms with van der Waals surface area (Å²) in [5, 5.41) is 3.16. The van der Waals surface area contributed by atoms with Gasteiger partial charge in [0.05, 0.1) is 23.6 Å². The van der Waals surface area contributed by atoms with Crippen LogP contribution < -0.4 is 10.1 Å². The summed E-state index contributed by atoms with van der Waals surface area (Å²) in [4.78, 5) is 18.9. The van der Waals surface area contributed by atoms with Gasteiger partial charge in [0.15, 0.2) is 15.5 Å². The first-order chi connectivity index (χ1) is 16.6. The highest BCUT2D eigenvalue weighted by molar-refractivity contribution is 7.91. The van der Waals surface area contributed by atoms with Crippen LogP contribution in [0.3, 0.4) is 0 Å². The number of nitrogens with zero attached hydrogens (tertiary/aromatic N) is 4. The zero-order chi connectivity index (χ0) is 23.4. The fraction of sp³-hybridized carbons (Fsp3) is 0.542. The van der Waals surface area contributed by atoms with E-state index in [1.165, 1.54) is 32.1 Å². The number of rotatable bonds is 9. The van der Waals surface area contributed by atoms with Gasteiger partial charge < -0.3 is 19.9 Å². The van der Waals surface area contributed by atoms with Crippen LogP contribution in [0, 0.1) is 5.92 Å². The molecule has 10 heteroatoms. The lowest BCUT2D eigenvalue weighted by molar-refractivity contribution is 0.205. The molecule has 5 rings (SSSR count). The molecule has 34 heavy (non-hydrogen) atoms. The van der Waals surface area contributed by atoms with E-state index in [2.05, 4.69) is 30.2 Å². The third-order valence-electron chi connectivity index (χ3n) is 6.78. The van der Waals surface area contributed by atoms with Crippen LogP contribution in [0.2, 0.25) is 0 Å². The fourth-order valence-electron chi connectivity index (χ4n) is 4.77. The molecule has 1 aromatic carbocycles. The second kappa shape index (κ2) is 10.3. The van der Waals surface area contributed by atoms with Crippen molar-refractivity contribution >= 4 is 32.6 Å². The van der Waals surface area contributed by atoms with E-state index in [9.17, 15) is 8.42 Å². The lowest BCUT2D eigenvalue weighted by atomic mass is 9.90. The van der Waals surface area contributed by atoms with Gasteiger partial charge in [0, 0.05) is 12.2 Å². The van der Waals surface area contributed by atoms with E-state index in [-0.39, 0.29) is 5.75 Å². The highest BCUT2D eigenvalue weighted by Gasteiger charge is 2.20. The van der Waals surface area contributed by atoms with Gasteiger partial charge in [-0.05, 0) is 69.0 Å². The molecule has 0 radical (unpaired) electrons. The molecule has 1 aliphatic heterocycles. The Labute approximate surface area is 200 Å². The number of ether oxygens (including phenoxy) is 1. The van der Waals surface area contributed by atoms with Crippen molar-refractivity contribution < 1.29 is 13.2 Å². The van der Waals surface area contributed by atoms with Crippen LogP contribution >= 0.6 is 0 Å². The molecular formula is C24H32N6O3S. The number of hydrogen-bond donors (Lipinski definition) is 2. The monoisotopic (exact) mass is 484 g/mol. The molecule has 0 atom stereocenters. The summed E-state index contributed by atoms with van der Waals surface area (Å²) in [5.41, 5.74) is 1.91. The molecule has 0 spiro atoms. The molecule has 3 heterocycles. The van der Waals surface area contributed by atoms with E-state index >= 15 is 0 Å². The minimum Gasteiger partial charge on any atom is -0.476 e. The fourth-order valence-corrected chi connectivity index (χ4v) is 6.05. The highest BCUT2D eigenvalue weighted by Crippen LogP contribution is 2.27. The van der Waals surface area contributed by atoms with Crippen molar-refractivity contribution in [3.05, 3.63) is 30.6 Å². The van der Waals surface area contributed by atoms with E-state index < -0.39 is 9.84 Å². The van der Waals surface area contributed by atoms with Crippen molar-refractivity contribution in [2.45, 2.75) is 49.8 Å². The summed E-state index contributed by atoms with van der Waals surface area (Å²) in [5.74, 6) is 1.54. The van der Waals surface area contributed by atoms with Crippen LogP contribution in [0.4, 0.5) is 11.6 Å². The van der Waals surface area contributed by atoms with Crippen molar-refractivity contribution in [2.75, 3.05) is 37.3 Å². The Kier molecular flexibility index (Phi) is 6.96. The topological polar surface area (TPSA) is 113 Å². The Morgan fingerprint density at radius 1 is 1.03 bits per heavy atom. The van der Waals surface area contributed by atoms with Crippen molar-refractivity contribution in [3.8, 4) is 5.88 Å². The molecule has 2 fully saturated rings. The van der Waals surface area contributed by atoms with Crippen LogP contribution in [0.1, 0.15) is 44.9 Å². The number of nitrogens with one attached hydrogen (secondary N) is 2. The number of sulfone groups is 1. The molecule has 1 saturated heterocycles. The number of aromatic amines is 1. The molecule has 1 aliphatic carbocycles. The number of benzene rings is 1. The van der Waals surface area contributed by atoms with Crippen LogP contribution in [0.5, 0.6) is 5.88 Å². The van der Waals surface area contributed by atoms with Crippen LogP contribution in [0.25, 0.3) is 11.2 Å². The molecule has 0 bridgehead atoms. The number of likely N-dealkylation sites (tertiary alicyclic amines) is 1. The van der Waals surface area contributed by atoms with Crippen molar-refractivity contribution in [2.24, 2.45) is 5.92 Å². The Hall–Kier alpha value is -2.72. The van der Waals surface area contributed by atoms with Crippen molar-refractivity contribution in [1.29, 1.82) is 0 Å². The minimum absolute atomic E-state index is 0.139. The average molecular weight is 485 g/mol. The second-order valence-corrected chi connectivity index (χ2v) is 11.4. The van der Waals surface area contributed by atoms with E-state index in [0.717, 1.165) is 25.9 Å². The van der Waals surface area contributed by atoms with Gasteiger partial charge in [-0.1, -0.05) is 19.3 Å². The Morgan fingerprint density at radius 2 is 1.79 bits per heavy atom. The van der Waals surface area contributed by atoms with E-state index in [1.807, 2.05) is 0 Å². The van der Waals surface area contributed by atoms with Gasteiger partial charge in [0.1, 0.15) is 5.52 Å². The SMILES string of the molecule is O=S(=O)(CCN1CCCC1)c1ccc(Nc2nc(OCC3CCCCC3)c3[nH]cnc3n2)cc1. The first kappa shape index (κ1) is 23.0. The molecule has 182 valence electrons. The second-order valence-electron chi connectivity index (χ2n) is 9.29. The molecule has 9 nitrogen and oxygen atoms in total. The maximum atomic E-state index is 12.7. The predicted molar refractivity (Wildman–Crippen MR) is 131 cm³/mol. The first-order valence-electron chi connectivity index (χ1n) is 12.2. The van der Waals surface area contributed by atoms with Crippen molar-refractivity contribution in [3.63, 3.8) is 0 Å². The van der Waals surface area contributed by atoms with Gasteiger partial charge in [0.25, 0.3) is 0 Å². The summed E-state index contributed by atoms with van der Waals surface area (Å²) in [7, 11) is -3.32. The summed E-state index contributed by atoms with van der Waals surface area (Å²) in [6.07, 6.45) is 10.1. The van der Waals surface area contributed by atoms with Gasteiger partial charge in [-0.25, -0.2) is 13.4 Å². The third kappa shape index (κ3) is 5.50. The number of aromatic nitrogens is 4. The standard InChI is InChI=1S/C24H32N6O3S/c31-34(32,15-14-30-12-4-5-13-30)20-10-8-19(9-11-20)27-24-28-22-21(25-17-26-22)23(29-24)33-16-18-6-2-1-3-7-18/h8-11,17-18H,1-7,12-16H2,(H2,25,26,27,28,29). The number of anilines is 2. The number of imidazole rings is 1. The largest absolute Gasteiger partial charge is 0.476 e. The first-order valence-corrected chi connectivity index (χ1v) is 13.9. The maximum Gasteiger partial charge on any atom is 0.245 e. The molecule has 0 unspecified atom stereocenters. The molecule has 2 aliphatic rings. The summed E-state index contributed by atoms with van der Waals surface area (Å²) >= 11 is 0. The Bertz CT molecular complexity index is 1200. The number of H-pyrrole nitrogens is 1. The lowest BCUT2D eigenvalue weighted by Gasteiger charge is -2.21. The average Bonchev–Trinajstić information content (AvgIpc) is 3.55. The van der Waals surface area contributed by atoms with Gasteiger partial charge in [-0.15, -0.1) is 0 Å². The maximum absolute atomic E-state index is 12.7. The Morgan fingerprint density at radius 3 is 2.56 bits per heavy atom. The molecule has 2 aromatic heterocycles. The van der Waals surface area contributed by atoms with E-state index in [1.54, 1.807) is 30.6 Å². The number of fused-ring (bicyclic) bond motifs is 1. The third-order valence-corrected chi connectivity index (χ3v) is 8.49. The van der Waals surface area contributed by atoms with E-state index in [4.69, 9.17) is 4.74 Å². The molecule has 1 saturated carbocycles. The summed E-state index contributed by atoms with van der Waals surface area (Å²) < 4.78 is 31.5. The predicted octanol–water partition coefficient (Wildman–Crippen LogP) is 3.93. The molecule has 3 aromatic rings. The minimum atomic E-state index is -3.32. The number of hydrogen-bond acceptors (Lipinski definition) is 8. The quantitative estimate of drug-likeness (QED) is 0.470. The van der Waals surface area contributed by atoms with Crippen LogP contribution in [-0.4, -0.2) is 65.2 Å². The molecular weight excluding hydrogens is 452 g/mol. The Balaban J connectivity index is 1.26. The van der Waals surface area contributed by atoms with Gasteiger partial charge in [-0.3, -0.25) is 0 Å². The summed E-state index contributed by atoms with van der Waals surface area (Å²) in [6, 6.07) is 6.75. The van der Waals surface area contributed by atoms with Gasteiger partial charge in [0.2, 0.25) is 11.8 Å². The molecule has 0 amide bonds. The zero-order valence-electron chi connectivity index (χ0n) is 19.4. The molecule has 2 N–H and O–H groups in total. The van der Waals surface area contributed by atoms with Crippen LogP contribution in [0.15, 0.2) is 35.5 Å². The smallest absolute Gasteiger partial charge is 0.245 e. The lowest BCUT2D eigenvalue weighted by Crippen LogP contribution is -2.26.